The Balaban J connectivity index is 2.45. The minimum absolute atomic E-state index is 0.177. The first-order valence-corrected chi connectivity index (χ1v) is 6.49. The molecule has 5 nitrogen and oxygen atoms in total. The van der Waals surface area contributed by atoms with Crippen LogP contribution in [0.1, 0.15) is 16.8 Å². The Morgan fingerprint density at radius 1 is 1.20 bits per heavy atom. The van der Waals surface area contributed by atoms with E-state index in [4.69, 9.17) is 21.7 Å². The van der Waals surface area contributed by atoms with Crippen LogP contribution in [0.15, 0.2) is 23.0 Å². The molecule has 0 atom stereocenters. The lowest BCUT2D eigenvalue weighted by molar-refractivity contribution is 0.391. The lowest BCUT2D eigenvalue weighted by Gasteiger charge is -2.11. The summed E-state index contributed by atoms with van der Waals surface area (Å²) in [5.41, 5.74) is 2.13. The van der Waals surface area contributed by atoms with E-state index >= 15 is 0 Å². The van der Waals surface area contributed by atoms with Crippen LogP contribution in [0.3, 0.4) is 0 Å². The molecule has 1 heterocycles. The molecule has 6 heteroatoms. The van der Waals surface area contributed by atoms with Gasteiger partial charge in [0, 0.05) is 23.7 Å². The second-order valence-electron chi connectivity index (χ2n) is 4.37. The first kappa shape index (κ1) is 14.3. The molecule has 0 radical (unpaired) electrons. The van der Waals surface area contributed by atoms with Crippen LogP contribution in [0.2, 0.25) is 0 Å². The summed E-state index contributed by atoms with van der Waals surface area (Å²) in [7, 11) is 3.19. The van der Waals surface area contributed by atoms with E-state index in [-0.39, 0.29) is 5.56 Å². The molecular formula is C14H16N2O3S. The summed E-state index contributed by atoms with van der Waals surface area (Å²) in [5, 5.41) is 0. The molecule has 0 saturated heterocycles. The summed E-state index contributed by atoms with van der Waals surface area (Å²) in [6, 6.07) is 5.52. The second kappa shape index (κ2) is 5.92. The zero-order valence-electron chi connectivity index (χ0n) is 11.6. The normalized spacial score (nSPS) is 10.3. The van der Waals surface area contributed by atoms with Crippen molar-refractivity contribution in [1.82, 2.24) is 9.97 Å². The van der Waals surface area contributed by atoms with Crippen LogP contribution in [0.4, 0.5) is 0 Å². The molecule has 2 rings (SSSR count). The molecule has 0 aliphatic carbocycles. The first-order chi connectivity index (χ1) is 9.55. The Bertz CT molecular complexity index is 734. The van der Waals surface area contributed by atoms with Gasteiger partial charge in [0.05, 0.1) is 14.2 Å². The molecule has 0 bridgehead atoms. The monoisotopic (exact) mass is 292 g/mol. The van der Waals surface area contributed by atoms with Crippen molar-refractivity contribution in [2.45, 2.75) is 13.3 Å². The molecule has 1 aromatic heterocycles. The standard InChI is InChI=1S/C14H16N2O3S/c1-8-11(13(17)16-14(20)15-8)6-9-4-5-10(18-2)7-12(9)19-3/h4-5,7H,6H2,1-3H3,(H2,15,16,17,20). The fourth-order valence-corrected chi connectivity index (χ4v) is 2.27. The largest absolute Gasteiger partial charge is 0.497 e. The summed E-state index contributed by atoms with van der Waals surface area (Å²) < 4.78 is 10.8. The SMILES string of the molecule is COc1ccc(Cc2c(C)[nH]c(=S)[nH]c2=O)c(OC)c1. The van der Waals surface area contributed by atoms with Crippen molar-refractivity contribution < 1.29 is 9.47 Å². The van der Waals surface area contributed by atoms with Crippen molar-refractivity contribution in [1.29, 1.82) is 0 Å². The maximum absolute atomic E-state index is 12.0. The molecule has 0 aliphatic heterocycles. The van der Waals surface area contributed by atoms with Crippen LogP contribution in [0.5, 0.6) is 11.5 Å². The summed E-state index contributed by atoms with van der Waals surface area (Å²) in [6.45, 7) is 1.83. The van der Waals surface area contributed by atoms with E-state index in [0.29, 0.717) is 28.3 Å². The summed E-state index contributed by atoms with van der Waals surface area (Å²) >= 11 is 4.94. The van der Waals surface area contributed by atoms with E-state index in [0.717, 1.165) is 11.3 Å². The number of hydrogen-bond donors (Lipinski definition) is 2. The molecule has 0 unspecified atom stereocenters. The van der Waals surface area contributed by atoms with Crippen LogP contribution >= 0.6 is 12.2 Å². The highest BCUT2D eigenvalue weighted by atomic mass is 32.1. The smallest absolute Gasteiger partial charge is 0.255 e. The number of aryl methyl sites for hydroxylation is 1. The van der Waals surface area contributed by atoms with Crippen molar-refractivity contribution in [3.05, 3.63) is 50.1 Å². The van der Waals surface area contributed by atoms with Gasteiger partial charge >= 0.3 is 0 Å². The van der Waals surface area contributed by atoms with E-state index in [1.165, 1.54) is 0 Å². The fourth-order valence-electron chi connectivity index (χ4n) is 2.03. The molecule has 0 saturated carbocycles. The molecule has 20 heavy (non-hydrogen) atoms. The number of rotatable bonds is 4. The predicted molar refractivity (Wildman–Crippen MR) is 79.3 cm³/mol. The van der Waals surface area contributed by atoms with Gasteiger partial charge in [0.15, 0.2) is 4.77 Å². The highest BCUT2D eigenvalue weighted by Gasteiger charge is 2.11. The third kappa shape index (κ3) is 2.91. The number of ether oxygens (including phenoxy) is 2. The van der Waals surface area contributed by atoms with Crippen molar-refractivity contribution in [3.8, 4) is 11.5 Å². The molecule has 1 aromatic carbocycles. The lowest BCUT2D eigenvalue weighted by Crippen LogP contribution is -2.17. The zero-order chi connectivity index (χ0) is 14.7. The van der Waals surface area contributed by atoms with E-state index in [1.54, 1.807) is 20.3 Å². The molecule has 106 valence electrons. The van der Waals surface area contributed by atoms with Crippen LogP contribution in [0, 0.1) is 11.7 Å². The average Bonchev–Trinajstić information content (AvgIpc) is 2.42. The van der Waals surface area contributed by atoms with Gasteiger partial charge in [-0.1, -0.05) is 6.07 Å². The van der Waals surface area contributed by atoms with E-state index in [1.807, 2.05) is 19.1 Å². The first-order valence-electron chi connectivity index (χ1n) is 6.08. The number of H-pyrrole nitrogens is 2. The minimum atomic E-state index is -0.177. The predicted octanol–water partition coefficient (Wildman–Crippen LogP) is 2.35. The van der Waals surface area contributed by atoms with E-state index in [9.17, 15) is 4.79 Å². The lowest BCUT2D eigenvalue weighted by atomic mass is 10.0. The van der Waals surface area contributed by atoms with Crippen molar-refractivity contribution in [2.75, 3.05) is 14.2 Å². The molecular weight excluding hydrogens is 276 g/mol. The summed E-state index contributed by atoms with van der Waals surface area (Å²) in [4.78, 5) is 17.5. The highest BCUT2D eigenvalue weighted by molar-refractivity contribution is 7.71. The molecule has 0 spiro atoms. The maximum atomic E-state index is 12.0. The minimum Gasteiger partial charge on any atom is -0.497 e. The van der Waals surface area contributed by atoms with Gasteiger partial charge in [-0.25, -0.2) is 0 Å². The molecule has 2 N–H and O–H groups in total. The third-order valence-electron chi connectivity index (χ3n) is 3.12. The van der Waals surface area contributed by atoms with Crippen LogP contribution in [-0.2, 0) is 6.42 Å². The van der Waals surface area contributed by atoms with E-state index in [2.05, 4.69) is 9.97 Å². The zero-order valence-corrected chi connectivity index (χ0v) is 12.4. The van der Waals surface area contributed by atoms with Crippen molar-refractivity contribution >= 4 is 12.2 Å². The topological polar surface area (TPSA) is 67.1 Å². The Labute approximate surface area is 121 Å². The maximum Gasteiger partial charge on any atom is 0.255 e. The van der Waals surface area contributed by atoms with Gasteiger partial charge in [-0.3, -0.25) is 9.78 Å². The van der Waals surface area contributed by atoms with Gasteiger partial charge in [0.1, 0.15) is 11.5 Å². The molecule has 0 fully saturated rings. The Morgan fingerprint density at radius 3 is 2.55 bits per heavy atom. The van der Waals surface area contributed by atoms with Crippen molar-refractivity contribution in [3.63, 3.8) is 0 Å². The summed E-state index contributed by atoms with van der Waals surface area (Å²) in [6.07, 6.45) is 0.459. The fraction of sp³-hybridized carbons (Fsp3) is 0.286. The number of methoxy groups -OCH3 is 2. The summed E-state index contributed by atoms with van der Waals surface area (Å²) in [5.74, 6) is 1.40. The van der Waals surface area contributed by atoms with Gasteiger partial charge in [-0.15, -0.1) is 0 Å². The van der Waals surface area contributed by atoms with Gasteiger partial charge < -0.3 is 14.5 Å². The number of aromatic nitrogens is 2. The van der Waals surface area contributed by atoms with Crippen LogP contribution in [0.25, 0.3) is 0 Å². The number of aromatic amines is 2. The van der Waals surface area contributed by atoms with Crippen molar-refractivity contribution in [2.24, 2.45) is 0 Å². The Morgan fingerprint density at radius 2 is 1.95 bits per heavy atom. The quantitative estimate of drug-likeness (QED) is 0.849. The number of hydrogen-bond acceptors (Lipinski definition) is 4. The number of benzene rings is 1. The number of nitrogens with one attached hydrogen (secondary N) is 2. The van der Waals surface area contributed by atoms with Crippen LogP contribution < -0.4 is 15.0 Å². The Kier molecular flexibility index (Phi) is 4.24. The Hall–Kier alpha value is -2.08. The second-order valence-corrected chi connectivity index (χ2v) is 4.77. The third-order valence-corrected chi connectivity index (χ3v) is 3.32. The highest BCUT2D eigenvalue weighted by Crippen LogP contribution is 2.26. The molecule has 2 aromatic rings. The average molecular weight is 292 g/mol. The van der Waals surface area contributed by atoms with Gasteiger partial charge in [0.25, 0.3) is 5.56 Å². The van der Waals surface area contributed by atoms with Gasteiger partial charge in [0.2, 0.25) is 0 Å². The van der Waals surface area contributed by atoms with E-state index < -0.39 is 0 Å². The molecule has 0 aliphatic rings. The van der Waals surface area contributed by atoms with Gasteiger partial charge in [-0.2, -0.15) is 0 Å². The molecule has 0 amide bonds. The van der Waals surface area contributed by atoms with Gasteiger partial charge in [-0.05, 0) is 30.8 Å². The van der Waals surface area contributed by atoms with Crippen LogP contribution in [-0.4, -0.2) is 24.2 Å².